The Morgan fingerprint density at radius 1 is 1.36 bits per heavy atom. The summed E-state index contributed by atoms with van der Waals surface area (Å²) in [6.07, 6.45) is 1.10. The molecule has 1 aromatic heterocycles. The summed E-state index contributed by atoms with van der Waals surface area (Å²) in [5, 5.41) is 13.6. The fourth-order valence-electron chi connectivity index (χ4n) is 3.03. The van der Waals surface area contributed by atoms with Crippen molar-refractivity contribution in [3.05, 3.63) is 50.3 Å². The molecular formula is C17H18ClN3O5S2. The van der Waals surface area contributed by atoms with E-state index in [0.717, 1.165) is 4.88 Å². The molecule has 2 aromatic rings. The molecule has 3 rings (SSSR count). The zero-order valence-corrected chi connectivity index (χ0v) is 17.3. The Labute approximate surface area is 171 Å². The van der Waals surface area contributed by atoms with Crippen molar-refractivity contribution in [1.82, 2.24) is 4.31 Å². The van der Waals surface area contributed by atoms with Gasteiger partial charge in [-0.1, -0.05) is 11.6 Å². The molecular weight excluding hydrogens is 426 g/mol. The number of halogens is 1. The lowest BCUT2D eigenvalue weighted by molar-refractivity contribution is -0.384. The van der Waals surface area contributed by atoms with Crippen LogP contribution in [0, 0.1) is 23.0 Å². The first-order chi connectivity index (χ1) is 13.2. The van der Waals surface area contributed by atoms with E-state index in [1.165, 1.54) is 33.8 Å². The molecule has 0 spiro atoms. The van der Waals surface area contributed by atoms with Crippen molar-refractivity contribution in [3.8, 4) is 0 Å². The maximum Gasteiger partial charge on any atom is 0.289 e. The second-order valence-corrected chi connectivity index (χ2v) is 10.3. The highest BCUT2D eigenvalue weighted by Crippen LogP contribution is 2.30. The van der Waals surface area contributed by atoms with Crippen LogP contribution >= 0.6 is 22.9 Å². The number of anilines is 1. The van der Waals surface area contributed by atoms with Gasteiger partial charge in [0.15, 0.2) is 0 Å². The van der Waals surface area contributed by atoms with Gasteiger partial charge in [-0.25, -0.2) is 8.42 Å². The SMILES string of the molecule is Cc1ccc(S(=O)(=O)N2CCCC(C(=O)Nc3ccc(Cl)c([N+](=O)[O-])c3)C2)s1. The van der Waals surface area contributed by atoms with Gasteiger partial charge in [0.2, 0.25) is 5.91 Å². The summed E-state index contributed by atoms with van der Waals surface area (Å²) in [7, 11) is -3.64. The van der Waals surface area contributed by atoms with Crippen LogP contribution in [-0.2, 0) is 14.8 Å². The van der Waals surface area contributed by atoms with Crippen LogP contribution in [0.3, 0.4) is 0 Å². The number of hydrogen-bond acceptors (Lipinski definition) is 6. The molecule has 1 unspecified atom stereocenters. The van der Waals surface area contributed by atoms with Gasteiger partial charge in [0, 0.05) is 29.7 Å². The lowest BCUT2D eigenvalue weighted by Gasteiger charge is -2.30. The molecule has 150 valence electrons. The van der Waals surface area contributed by atoms with Gasteiger partial charge >= 0.3 is 0 Å². The first kappa shape index (κ1) is 20.7. The van der Waals surface area contributed by atoms with Crippen LogP contribution in [0.25, 0.3) is 0 Å². The first-order valence-corrected chi connectivity index (χ1v) is 11.1. The van der Waals surface area contributed by atoms with Crippen molar-refractivity contribution in [1.29, 1.82) is 0 Å². The Morgan fingerprint density at radius 2 is 2.11 bits per heavy atom. The zero-order chi connectivity index (χ0) is 20.5. The van der Waals surface area contributed by atoms with Gasteiger partial charge in [-0.3, -0.25) is 14.9 Å². The Bertz CT molecular complexity index is 1020. The van der Waals surface area contributed by atoms with E-state index in [1.54, 1.807) is 12.1 Å². The minimum absolute atomic E-state index is 0.0239. The number of nitro groups is 1. The molecule has 1 atom stereocenters. The molecule has 0 saturated carbocycles. The van der Waals surface area contributed by atoms with Crippen molar-refractivity contribution < 1.29 is 18.1 Å². The van der Waals surface area contributed by atoms with Gasteiger partial charge < -0.3 is 5.32 Å². The van der Waals surface area contributed by atoms with Crippen LogP contribution in [0.15, 0.2) is 34.5 Å². The maximum absolute atomic E-state index is 12.8. The summed E-state index contributed by atoms with van der Waals surface area (Å²) in [5.74, 6) is -0.918. The molecule has 0 aliphatic carbocycles. The van der Waals surface area contributed by atoms with E-state index in [-0.39, 0.29) is 33.1 Å². The van der Waals surface area contributed by atoms with Crippen molar-refractivity contribution in [2.45, 2.75) is 24.0 Å². The Kier molecular flexibility index (Phi) is 6.04. The van der Waals surface area contributed by atoms with Crippen LogP contribution in [0.4, 0.5) is 11.4 Å². The molecule has 0 bridgehead atoms. The number of hydrogen-bond donors (Lipinski definition) is 1. The number of carbonyl (C=O) groups excluding carboxylic acids is 1. The van der Waals surface area contributed by atoms with E-state index < -0.39 is 20.9 Å². The summed E-state index contributed by atoms with van der Waals surface area (Å²) < 4.78 is 27.2. The number of nitrogens with zero attached hydrogens (tertiary/aromatic N) is 2. The molecule has 1 aliphatic rings. The van der Waals surface area contributed by atoms with Crippen LogP contribution < -0.4 is 5.32 Å². The van der Waals surface area contributed by atoms with Gasteiger partial charge in [-0.2, -0.15) is 4.31 Å². The number of piperidine rings is 1. The smallest absolute Gasteiger partial charge is 0.289 e. The van der Waals surface area contributed by atoms with Gasteiger partial charge in [-0.05, 0) is 44.0 Å². The average Bonchev–Trinajstić information content (AvgIpc) is 3.10. The lowest BCUT2D eigenvalue weighted by Crippen LogP contribution is -2.43. The summed E-state index contributed by atoms with van der Waals surface area (Å²) in [4.78, 5) is 23.9. The predicted molar refractivity (Wildman–Crippen MR) is 107 cm³/mol. The summed E-state index contributed by atoms with van der Waals surface area (Å²) >= 11 is 6.98. The second-order valence-electron chi connectivity index (χ2n) is 6.48. The Morgan fingerprint density at radius 3 is 2.75 bits per heavy atom. The summed E-state index contributed by atoms with van der Waals surface area (Å²) in [6, 6.07) is 7.32. The molecule has 28 heavy (non-hydrogen) atoms. The quantitative estimate of drug-likeness (QED) is 0.560. The fourth-order valence-corrected chi connectivity index (χ4v) is 6.18. The van der Waals surface area contributed by atoms with E-state index in [4.69, 9.17) is 11.6 Å². The van der Waals surface area contributed by atoms with E-state index >= 15 is 0 Å². The standard InChI is InChI=1S/C17H18ClN3O5S2/c1-11-4-7-16(27-11)28(25,26)20-8-2-3-12(10-20)17(22)19-13-5-6-14(18)15(9-13)21(23)24/h4-7,9,12H,2-3,8,10H2,1H3,(H,19,22). The number of aryl methyl sites for hydroxylation is 1. The van der Waals surface area contributed by atoms with Crippen LogP contribution in [0.2, 0.25) is 5.02 Å². The van der Waals surface area contributed by atoms with E-state index in [1.807, 2.05) is 6.92 Å². The van der Waals surface area contributed by atoms with Gasteiger partial charge in [-0.15, -0.1) is 11.3 Å². The van der Waals surface area contributed by atoms with E-state index in [0.29, 0.717) is 19.4 Å². The normalized spacial score (nSPS) is 18.0. The highest BCUT2D eigenvalue weighted by atomic mass is 35.5. The summed E-state index contributed by atoms with van der Waals surface area (Å²) in [6.45, 7) is 2.26. The number of rotatable bonds is 5. The summed E-state index contributed by atoms with van der Waals surface area (Å²) in [5.41, 5.74) is -0.0599. The molecule has 1 aromatic carbocycles. The molecule has 2 heterocycles. The Hall–Kier alpha value is -2.01. The van der Waals surface area contributed by atoms with Crippen molar-refractivity contribution in [2.24, 2.45) is 5.92 Å². The average molecular weight is 444 g/mol. The number of nitro benzene ring substituents is 1. The van der Waals surface area contributed by atoms with Crippen LogP contribution in [-0.4, -0.2) is 36.6 Å². The molecule has 1 amide bonds. The molecule has 1 fully saturated rings. The molecule has 1 aliphatic heterocycles. The Balaban J connectivity index is 1.73. The number of sulfonamides is 1. The highest BCUT2D eigenvalue weighted by Gasteiger charge is 2.34. The third kappa shape index (κ3) is 4.35. The minimum Gasteiger partial charge on any atom is -0.326 e. The third-order valence-corrected chi connectivity index (χ3v) is 8.13. The zero-order valence-electron chi connectivity index (χ0n) is 14.9. The van der Waals surface area contributed by atoms with E-state index in [9.17, 15) is 23.3 Å². The van der Waals surface area contributed by atoms with Gasteiger partial charge in [0.05, 0.1) is 10.8 Å². The fraction of sp³-hybridized carbons (Fsp3) is 0.353. The number of amides is 1. The van der Waals surface area contributed by atoms with Crippen molar-refractivity contribution >= 4 is 50.2 Å². The topological polar surface area (TPSA) is 110 Å². The maximum atomic E-state index is 12.8. The molecule has 0 radical (unpaired) electrons. The van der Waals surface area contributed by atoms with Crippen molar-refractivity contribution in [2.75, 3.05) is 18.4 Å². The molecule has 1 N–H and O–H groups in total. The predicted octanol–water partition coefficient (Wildman–Crippen LogP) is 3.66. The van der Waals surface area contributed by atoms with Crippen LogP contribution in [0.5, 0.6) is 0 Å². The van der Waals surface area contributed by atoms with Gasteiger partial charge in [0.25, 0.3) is 15.7 Å². The monoisotopic (exact) mass is 443 g/mol. The highest BCUT2D eigenvalue weighted by molar-refractivity contribution is 7.91. The second kappa shape index (κ2) is 8.16. The number of thiophene rings is 1. The minimum atomic E-state index is -3.64. The van der Waals surface area contributed by atoms with Gasteiger partial charge in [0.1, 0.15) is 9.23 Å². The lowest BCUT2D eigenvalue weighted by atomic mass is 9.98. The van der Waals surface area contributed by atoms with Crippen molar-refractivity contribution in [3.63, 3.8) is 0 Å². The molecule has 8 nitrogen and oxygen atoms in total. The number of nitrogens with one attached hydrogen (secondary N) is 1. The first-order valence-electron chi connectivity index (χ1n) is 8.50. The third-order valence-electron chi connectivity index (χ3n) is 4.48. The number of benzene rings is 1. The van der Waals surface area contributed by atoms with E-state index in [2.05, 4.69) is 5.32 Å². The van der Waals surface area contributed by atoms with Crippen LogP contribution in [0.1, 0.15) is 17.7 Å². The largest absolute Gasteiger partial charge is 0.326 e. The number of carbonyl (C=O) groups is 1. The molecule has 11 heteroatoms. The molecule has 1 saturated heterocycles.